The summed E-state index contributed by atoms with van der Waals surface area (Å²) in [4.78, 5) is 0. The van der Waals surface area contributed by atoms with Crippen LogP contribution in [0.25, 0.3) is 0 Å². The molecule has 1 fully saturated rings. The van der Waals surface area contributed by atoms with Crippen LogP contribution >= 0.6 is 0 Å². The van der Waals surface area contributed by atoms with Crippen molar-refractivity contribution in [1.82, 2.24) is 0 Å². The van der Waals surface area contributed by atoms with Gasteiger partial charge >= 0.3 is 0 Å². The van der Waals surface area contributed by atoms with Crippen LogP contribution in [0.4, 0.5) is 0 Å². The van der Waals surface area contributed by atoms with Gasteiger partial charge in [0.05, 0.1) is 18.3 Å². The lowest BCUT2D eigenvalue weighted by Crippen LogP contribution is -2.59. The second-order valence-corrected chi connectivity index (χ2v) is 5.35. The van der Waals surface area contributed by atoms with E-state index in [0.29, 0.717) is 12.0 Å². The van der Waals surface area contributed by atoms with Gasteiger partial charge in [0.15, 0.2) is 0 Å². The summed E-state index contributed by atoms with van der Waals surface area (Å²) in [5, 5.41) is 0. The molecule has 96 valence electrons. The molecule has 0 aromatic heterocycles. The molecule has 0 bridgehead atoms. The summed E-state index contributed by atoms with van der Waals surface area (Å²) >= 11 is 0. The summed E-state index contributed by atoms with van der Waals surface area (Å²) in [7, 11) is 0. The van der Waals surface area contributed by atoms with Crippen LogP contribution in [0, 0.1) is 5.92 Å². The normalized spacial score (nSPS) is 31.5. The number of rotatable bonds is 7. The Hall–Kier alpha value is -0.120. The monoisotopic (exact) mass is 229 g/mol. The zero-order valence-electron chi connectivity index (χ0n) is 11.1. The Bertz CT molecular complexity index is 196. The minimum Gasteiger partial charge on any atom is -0.374 e. The molecular weight excluding hydrogens is 202 g/mol. The van der Waals surface area contributed by atoms with Crippen LogP contribution in [0.5, 0.6) is 0 Å². The van der Waals surface area contributed by atoms with Crippen molar-refractivity contribution in [2.24, 2.45) is 11.7 Å². The van der Waals surface area contributed by atoms with Gasteiger partial charge in [-0.25, -0.2) is 0 Å². The Morgan fingerprint density at radius 1 is 1.31 bits per heavy atom. The molecule has 0 radical (unpaired) electrons. The Balaban J connectivity index is 2.26. The predicted molar refractivity (Wildman–Crippen MR) is 66.4 cm³/mol. The average molecular weight is 229 g/mol. The van der Waals surface area contributed by atoms with Crippen LogP contribution in [0.15, 0.2) is 0 Å². The summed E-state index contributed by atoms with van der Waals surface area (Å²) < 4.78 is 11.7. The van der Waals surface area contributed by atoms with Gasteiger partial charge in [-0.2, -0.15) is 0 Å². The third-order valence-electron chi connectivity index (χ3n) is 3.02. The molecule has 0 saturated heterocycles. The van der Waals surface area contributed by atoms with Crippen molar-refractivity contribution in [3.05, 3.63) is 0 Å². The van der Waals surface area contributed by atoms with Crippen molar-refractivity contribution in [3.8, 4) is 0 Å². The molecule has 0 aromatic carbocycles. The molecule has 1 aliphatic rings. The van der Waals surface area contributed by atoms with Gasteiger partial charge in [0, 0.05) is 12.6 Å². The smallest absolute Gasteiger partial charge is 0.0988 e. The molecule has 1 aliphatic carbocycles. The van der Waals surface area contributed by atoms with Crippen LogP contribution in [-0.2, 0) is 9.47 Å². The third kappa shape index (κ3) is 4.04. The van der Waals surface area contributed by atoms with Gasteiger partial charge in [-0.05, 0) is 32.1 Å². The maximum atomic E-state index is 5.97. The lowest BCUT2D eigenvalue weighted by molar-refractivity contribution is -0.160. The van der Waals surface area contributed by atoms with Crippen LogP contribution in [0.3, 0.4) is 0 Å². The van der Waals surface area contributed by atoms with Crippen LogP contribution in [0.2, 0.25) is 0 Å². The number of ether oxygens (including phenoxy) is 2. The average Bonchev–Trinajstić information content (AvgIpc) is 2.16. The van der Waals surface area contributed by atoms with Crippen molar-refractivity contribution in [1.29, 1.82) is 0 Å². The number of nitrogens with two attached hydrogens (primary N) is 1. The number of hydrogen-bond acceptors (Lipinski definition) is 3. The second-order valence-electron chi connectivity index (χ2n) is 5.35. The van der Waals surface area contributed by atoms with Gasteiger partial charge in [0.1, 0.15) is 0 Å². The molecule has 3 nitrogen and oxygen atoms in total. The van der Waals surface area contributed by atoms with Crippen molar-refractivity contribution in [2.45, 2.75) is 71.3 Å². The van der Waals surface area contributed by atoms with Gasteiger partial charge in [0.25, 0.3) is 0 Å². The summed E-state index contributed by atoms with van der Waals surface area (Å²) in [6.45, 7) is 9.48. The molecule has 0 aromatic rings. The molecule has 4 unspecified atom stereocenters. The highest BCUT2D eigenvalue weighted by atomic mass is 16.6. The van der Waals surface area contributed by atoms with Crippen molar-refractivity contribution >= 4 is 0 Å². The molecule has 16 heavy (non-hydrogen) atoms. The fraction of sp³-hybridized carbons (Fsp3) is 1.00. The standard InChI is InChI=1S/C13H27NO2/c1-5-6-15-13-11(14)8-12(13)16-10(4)7-9(2)3/h9-13H,5-8,14H2,1-4H3. The SMILES string of the molecule is CCCOC1C(N)CC1OC(C)CC(C)C. The van der Waals surface area contributed by atoms with E-state index in [1.165, 1.54) is 0 Å². The zero-order chi connectivity index (χ0) is 12.1. The first kappa shape index (κ1) is 13.9. The van der Waals surface area contributed by atoms with Gasteiger partial charge < -0.3 is 15.2 Å². The minimum atomic E-state index is 0.120. The highest BCUT2D eigenvalue weighted by Crippen LogP contribution is 2.28. The molecule has 0 aliphatic heterocycles. The molecule has 0 spiro atoms. The van der Waals surface area contributed by atoms with E-state index in [9.17, 15) is 0 Å². The molecule has 1 rings (SSSR count). The van der Waals surface area contributed by atoms with Gasteiger partial charge in [0.2, 0.25) is 0 Å². The van der Waals surface area contributed by atoms with Crippen LogP contribution in [-0.4, -0.2) is 31.0 Å². The molecule has 0 amide bonds. The Labute approximate surface area is 99.7 Å². The largest absolute Gasteiger partial charge is 0.374 e. The molecule has 2 N–H and O–H groups in total. The van der Waals surface area contributed by atoms with E-state index in [-0.39, 0.29) is 18.2 Å². The second kappa shape index (κ2) is 6.58. The van der Waals surface area contributed by atoms with Gasteiger partial charge in [-0.3, -0.25) is 0 Å². The van der Waals surface area contributed by atoms with Crippen molar-refractivity contribution < 1.29 is 9.47 Å². The molecule has 1 saturated carbocycles. The van der Waals surface area contributed by atoms with Crippen molar-refractivity contribution in [3.63, 3.8) is 0 Å². The van der Waals surface area contributed by atoms with E-state index in [0.717, 1.165) is 25.9 Å². The predicted octanol–water partition coefficient (Wildman–Crippen LogP) is 2.33. The maximum Gasteiger partial charge on any atom is 0.0988 e. The first-order valence-electron chi connectivity index (χ1n) is 6.57. The van der Waals surface area contributed by atoms with E-state index in [4.69, 9.17) is 15.2 Å². The topological polar surface area (TPSA) is 44.5 Å². The highest BCUT2D eigenvalue weighted by molar-refractivity contribution is 4.95. The van der Waals surface area contributed by atoms with E-state index in [2.05, 4.69) is 27.7 Å². The van der Waals surface area contributed by atoms with Crippen LogP contribution < -0.4 is 5.73 Å². The maximum absolute atomic E-state index is 5.97. The molecular formula is C13H27NO2. The quantitative estimate of drug-likeness (QED) is 0.728. The Morgan fingerprint density at radius 2 is 2.00 bits per heavy atom. The minimum absolute atomic E-state index is 0.120. The fourth-order valence-corrected chi connectivity index (χ4v) is 2.25. The van der Waals surface area contributed by atoms with Crippen LogP contribution in [0.1, 0.15) is 47.0 Å². The Kier molecular flexibility index (Phi) is 5.73. The van der Waals surface area contributed by atoms with Gasteiger partial charge in [-0.15, -0.1) is 0 Å². The Morgan fingerprint density at radius 3 is 2.50 bits per heavy atom. The zero-order valence-corrected chi connectivity index (χ0v) is 11.1. The highest BCUT2D eigenvalue weighted by Gasteiger charge is 2.41. The summed E-state index contributed by atoms with van der Waals surface area (Å²) in [5.74, 6) is 0.679. The lowest BCUT2D eigenvalue weighted by atomic mass is 9.85. The lowest BCUT2D eigenvalue weighted by Gasteiger charge is -2.43. The van der Waals surface area contributed by atoms with E-state index in [1.54, 1.807) is 0 Å². The molecule has 3 heteroatoms. The molecule has 0 heterocycles. The summed E-state index contributed by atoms with van der Waals surface area (Å²) in [5.41, 5.74) is 5.93. The third-order valence-corrected chi connectivity index (χ3v) is 3.02. The van der Waals surface area contributed by atoms with E-state index < -0.39 is 0 Å². The van der Waals surface area contributed by atoms with Crippen molar-refractivity contribution in [2.75, 3.05) is 6.61 Å². The van der Waals surface area contributed by atoms with E-state index >= 15 is 0 Å². The first-order chi connectivity index (χ1) is 7.54. The fourth-order valence-electron chi connectivity index (χ4n) is 2.25. The first-order valence-corrected chi connectivity index (χ1v) is 6.57. The van der Waals surface area contributed by atoms with Gasteiger partial charge in [-0.1, -0.05) is 20.8 Å². The van der Waals surface area contributed by atoms with E-state index in [1.807, 2.05) is 0 Å². The summed E-state index contributed by atoms with van der Waals surface area (Å²) in [6, 6.07) is 0.169. The molecule has 4 atom stereocenters. The summed E-state index contributed by atoms with van der Waals surface area (Å²) in [6.07, 6.45) is 3.73. The number of hydrogen-bond donors (Lipinski definition) is 1.